The third kappa shape index (κ3) is 5.84. The van der Waals surface area contributed by atoms with Gasteiger partial charge in [0.1, 0.15) is 0 Å². The lowest BCUT2D eigenvalue weighted by Gasteiger charge is -2.34. The molecule has 1 aliphatic rings. The first-order chi connectivity index (χ1) is 14.1. The summed E-state index contributed by atoms with van der Waals surface area (Å²) in [7, 11) is 0. The van der Waals surface area contributed by atoms with Crippen molar-refractivity contribution in [2.24, 2.45) is 0 Å². The number of amides is 2. The molecular formula is C23H29N3O2S. The summed E-state index contributed by atoms with van der Waals surface area (Å²) in [5, 5.41) is 3.02. The predicted octanol–water partition coefficient (Wildman–Crippen LogP) is 3.51. The second-order valence-corrected chi connectivity index (χ2v) is 8.12. The van der Waals surface area contributed by atoms with Gasteiger partial charge in [0.2, 0.25) is 5.91 Å². The van der Waals surface area contributed by atoms with Crippen LogP contribution in [0.25, 0.3) is 0 Å². The molecule has 5 nitrogen and oxygen atoms in total. The van der Waals surface area contributed by atoms with Crippen molar-refractivity contribution in [1.82, 2.24) is 9.80 Å². The molecule has 1 N–H and O–H groups in total. The van der Waals surface area contributed by atoms with E-state index in [9.17, 15) is 9.59 Å². The SMILES string of the molecule is CCc1ccccc1NC(=O)CN1CCN(C(=O)c2ccc(CSC)cc2)CC1. The molecule has 0 radical (unpaired) electrons. The standard InChI is InChI=1S/C23H29N3O2S/c1-3-19-6-4-5-7-21(19)24-22(27)16-25-12-14-26(15-13-25)23(28)20-10-8-18(9-11-20)17-29-2/h4-11H,3,12-17H2,1-2H3,(H,24,27). The van der Waals surface area contributed by atoms with Crippen LogP contribution in [-0.4, -0.2) is 60.6 Å². The third-order valence-corrected chi connectivity index (χ3v) is 5.83. The van der Waals surface area contributed by atoms with Crippen LogP contribution in [0.1, 0.15) is 28.4 Å². The molecule has 0 bridgehead atoms. The number of aryl methyl sites for hydroxylation is 1. The van der Waals surface area contributed by atoms with Gasteiger partial charge in [-0.25, -0.2) is 0 Å². The van der Waals surface area contributed by atoms with Crippen LogP contribution in [0.4, 0.5) is 5.69 Å². The number of hydrogen-bond donors (Lipinski definition) is 1. The molecule has 3 rings (SSSR count). The van der Waals surface area contributed by atoms with Gasteiger partial charge in [-0.2, -0.15) is 11.8 Å². The number of anilines is 1. The molecule has 0 atom stereocenters. The maximum Gasteiger partial charge on any atom is 0.253 e. The summed E-state index contributed by atoms with van der Waals surface area (Å²) in [6, 6.07) is 15.8. The van der Waals surface area contributed by atoms with Gasteiger partial charge < -0.3 is 10.2 Å². The van der Waals surface area contributed by atoms with Gasteiger partial charge in [-0.3, -0.25) is 14.5 Å². The number of rotatable bonds is 7. The fourth-order valence-corrected chi connectivity index (χ4v) is 4.07. The van der Waals surface area contributed by atoms with Gasteiger partial charge in [0.05, 0.1) is 6.54 Å². The summed E-state index contributed by atoms with van der Waals surface area (Å²) in [6.07, 6.45) is 2.96. The predicted molar refractivity (Wildman–Crippen MR) is 120 cm³/mol. The number of thioether (sulfide) groups is 1. The Balaban J connectivity index is 1.48. The zero-order valence-corrected chi connectivity index (χ0v) is 18.0. The van der Waals surface area contributed by atoms with E-state index >= 15 is 0 Å². The van der Waals surface area contributed by atoms with Crippen molar-refractivity contribution >= 4 is 29.3 Å². The normalized spacial score (nSPS) is 14.6. The van der Waals surface area contributed by atoms with E-state index in [4.69, 9.17) is 0 Å². The van der Waals surface area contributed by atoms with Crippen LogP contribution in [0, 0.1) is 0 Å². The van der Waals surface area contributed by atoms with Crippen LogP contribution >= 0.6 is 11.8 Å². The first-order valence-corrected chi connectivity index (χ1v) is 11.5. The summed E-state index contributed by atoms with van der Waals surface area (Å²) < 4.78 is 0. The highest BCUT2D eigenvalue weighted by Crippen LogP contribution is 2.16. The Morgan fingerprint density at radius 2 is 1.69 bits per heavy atom. The molecule has 2 aromatic rings. The molecule has 2 amide bonds. The smallest absolute Gasteiger partial charge is 0.253 e. The van der Waals surface area contributed by atoms with Crippen molar-refractivity contribution in [3.8, 4) is 0 Å². The van der Waals surface area contributed by atoms with E-state index in [-0.39, 0.29) is 11.8 Å². The van der Waals surface area contributed by atoms with Crippen molar-refractivity contribution in [3.05, 3.63) is 65.2 Å². The van der Waals surface area contributed by atoms with Crippen LogP contribution in [0.3, 0.4) is 0 Å². The molecule has 29 heavy (non-hydrogen) atoms. The number of nitrogens with zero attached hydrogens (tertiary/aromatic N) is 2. The largest absolute Gasteiger partial charge is 0.336 e. The van der Waals surface area contributed by atoms with Gasteiger partial charge in [0.15, 0.2) is 0 Å². The van der Waals surface area contributed by atoms with Crippen LogP contribution < -0.4 is 5.32 Å². The van der Waals surface area contributed by atoms with Crippen molar-refractivity contribution in [1.29, 1.82) is 0 Å². The van der Waals surface area contributed by atoms with E-state index in [0.29, 0.717) is 32.7 Å². The van der Waals surface area contributed by atoms with Crippen LogP contribution in [-0.2, 0) is 17.0 Å². The van der Waals surface area contributed by atoms with Crippen LogP contribution in [0.5, 0.6) is 0 Å². The van der Waals surface area contributed by atoms with Crippen LogP contribution in [0.15, 0.2) is 48.5 Å². The minimum atomic E-state index is -0.00457. The van der Waals surface area contributed by atoms with Crippen molar-refractivity contribution in [3.63, 3.8) is 0 Å². The molecule has 2 aromatic carbocycles. The highest BCUT2D eigenvalue weighted by atomic mass is 32.2. The number of nitrogens with one attached hydrogen (secondary N) is 1. The topological polar surface area (TPSA) is 52.7 Å². The van der Waals surface area contributed by atoms with E-state index < -0.39 is 0 Å². The number of hydrogen-bond acceptors (Lipinski definition) is 4. The Morgan fingerprint density at radius 3 is 2.34 bits per heavy atom. The lowest BCUT2D eigenvalue weighted by molar-refractivity contribution is -0.117. The Bertz CT molecular complexity index is 830. The Kier molecular flexibility index (Phi) is 7.72. The number of piperazine rings is 1. The van der Waals surface area contributed by atoms with Crippen LogP contribution in [0.2, 0.25) is 0 Å². The quantitative estimate of drug-likeness (QED) is 0.758. The zero-order valence-electron chi connectivity index (χ0n) is 17.2. The molecule has 1 heterocycles. The van der Waals surface area contributed by atoms with Crippen molar-refractivity contribution in [2.45, 2.75) is 19.1 Å². The summed E-state index contributed by atoms with van der Waals surface area (Å²) in [5.74, 6) is 1.02. The minimum Gasteiger partial charge on any atom is -0.336 e. The molecule has 0 saturated carbocycles. The number of benzene rings is 2. The maximum absolute atomic E-state index is 12.7. The molecule has 0 unspecified atom stereocenters. The maximum atomic E-state index is 12.7. The van der Waals surface area contributed by atoms with Gasteiger partial charge in [-0.15, -0.1) is 0 Å². The Hall–Kier alpha value is -2.31. The molecule has 154 valence electrons. The van der Waals surface area contributed by atoms with Gasteiger partial charge in [-0.1, -0.05) is 37.3 Å². The van der Waals surface area contributed by atoms with E-state index in [1.165, 1.54) is 5.56 Å². The lowest BCUT2D eigenvalue weighted by atomic mass is 10.1. The highest BCUT2D eigenvalue weighted by molar-refractivity contribution is 7.97. The van der Waals surface area contributed by atoms with Gasteiger partial charge in [-0.05, 0) is 42.0 Å². The van der Waals surface area contributed by atoms with Gasteiger partial charge in [0, 0.05) is 43.2 Å². The van der Waals surface area contributed by atoms with Crippen molar-refractivity contribution in [2.75, 3.05) is 44.3 Å². The average Bonchev–Trinajstić information content (AvgIpc) is 2.75. The summed E-state index contributed by atoms with van der Waals surface area (Å²) in [5.41, 5.74) is 3.99. The second-order valence-electron chi connectivity index (χ2n) is 7.26. The molecular weight excluding hydrogens is 382 g/mol. The second kappa shape index (κ2) is 10.5. The number of carbonyl (C=O) groups is 2. The molecule has 1 saturated heterocycles. The highest BCUT2D eigenvalue weighted by Gasteiger charge is 2.23. The third-order valence-electron chi connectivity index (χ3n) is 5.21. The van der Waals surface area contributed by atoms with Gasteiger partial charge in [0.25, 0.3) is 5.91 Å². The Labute approximate surface area is 177 Å². The molecule has 1 aliphatic heterocycles. The average molecular weight is 412 g/mol. The summed E-state index contributed by atoms with van der Waals surface area (Å²) >= 11 is 1.77. The van der Waals surface area contributed by atoms with E-state index in [2.05, 4.69) is 23.4 Å². The fraction of sp³-hybridized carbons (Fsp3) is 0.391. The summed E-state index contributed by atoms with van der Waals surface area (Å²) in [6.45, 7) is 5.13. The molecule has 6 heteroatoms. The van der Waals surface area contributed by atoms with E-state index in [0.717, 1.165) is 29.0 Å². The number of para-hydroxylation sites is 1. The lowest BCUT2D eigenvalue weighted by Crippen LogP contribution is -2.50. The fourth-order valence-electron chi connectivity index (χ4n) is 3.55. The Morgan fingerprint density at radius 1 is 1.00 bits per heavy atom. The zero-order chi connectivity index (χ0) is 20.6. The van der Waals surface area contributed by atoms with Crippen molar-refractivity contribution < 1.29 is 9.59 Å². The van der Waals surface area contributed by atoms with Gasteiger partial charge >= 0.3 is 0 Å². The minimum absolute atomic E-state index is 0.00457. The molecule has 1 fully saturated rings. The number of carbonyl (C=O) groups excluding carboxylic acids is 2. The molecule has 0 spiro atoms. The van der Waals surface area contributed by atoms with E-state index in [1.54, 1.807) is 11.8 Å². The monoisotopic (exact) mass is 411 g/mol. The molecule has 0 aliphatic carbocycles. The summed E-state index contributed by atoms with van der Waals surface area (Å²) in [4.78, 5) is 29.2. The molecule has 0 aromatic heterocycles. The first-order valence-electron chi connectivity index (χ1n) is 10.1. The first kappa shape index (κ1) is 21.4. The van der Waals surface area contributed by atoms with E-state index in [1.807, 2.05) is 53.4 Å².